The molecule has 2 fully saturated rings. The van der Waals surface area contributed by atoms with E-state index in [2.05, 4.69) is 17.0 Å². The highest BCUT2D eigenvalue weighted by Gasteiger charge is 2.28. The highest BCUT2D eigenvalue weighted by Crippen LogP contribution is 2.28. The standard InChI is InChI=1S/C28H33N5O4S/c1-2-37-28(36)32-14-12-22(13-15-32)33-26(35)23-10-6-7-11-24(23)29-27(33)38-20-25(34)31-18-16-30(17-19-31)21-8-4-3-5-9-21/h3-11,22H,2,12-20H2,1H3. The molecule has 0 N–H and O–H groups in total. The Hall–Kier alpha value is -3.53. The largest absolute Gasteiger partial charge is 0.450 e. The minimum atomic E-state index is -0.317. The number of benzene rings is 2. The summed E-state index contributed by atoms with van der Waals surface area (Å²) in [5.74, 6) is 0.270. The number of carbonyl (C=O) groups excluding carboxylic acids is 2. The number of amides is 2. The molecule has 0 radical (unpaired) electrons. The highest BCUT2D eigenvalue weighted by molar-refractivity contribution is 7.99. The Balaban J connectivity index is 1.28. The Kier molecular flexibility index (Phi) is 8.17. The van der Waals surface area contributed by atoms with Crippen LogP contribution in [0.1, 0.15) is 25.8 Å². The second-order valence-corrected chi connectivity index (χ2v) is 10.4. The number of aromatic nitrogens is 2. The third-order valence-corrected chi connectivity index (χ3v) is 8.15. The fourth-order valence-corrected chi connectivity index (χ4v) is 6.11. The molecule has 2 aliphatic heterocycles. The van der Waals surface area contributed by atoms with Crippen molar-refractivity contribution in [2.45, 2.75) is 31.0 Å². The van der Waals surface area contributed by atoms with E-state index < -0.39 is 0 Å². The summed E-state index contributed by atoms with van der Waals surface area (Å²) in [6.07, 6.45) is 0.936. The fraction of sp³-hybridized carbons (Fsp3) is 0.429. The van der Waals surface area contributed by atoms with Gasteiger partial charge in [0.1, 0.15) is 0 Å². The smallest absolute Gasteiger partial charge is 0.409 e. The highest BCUT2D eigenvalue weighted by atomic mass is 32.2. The van der Waals surface area contributed by atoms with Crippen molar-refractivity contribution < 1.29 is 14.3 Å². The number of likely N-dealkylation sites (tertiary alicyclic amines) is 1. The molecular formula is C28H33N5O4S. The molecule has 0 bridgehead atoms. The molecule has 0 aliphatic carbocycles. The first-order chi connectivity index (χ1) is 18.5. The molecular weight excluding hydrogens is 502 g/mol. The fourth-order valence-electron chi connectivity index (χ4n) is 5.14. The van der Waals surface area contributed by atoms with Gasteiger partial charge in [0, 0.05) is 51.0 Å². The van der Waals surface area contributed by atoms with E-state index in [0.29, 0.717) is 61.7 Å². The average molecular weight is 536 g/mol. The monoisotopic (exact) mass is 535 g/mol. The molecule has 3 heterocycles. The predicted molar refractivity (Wildman–Crippen MR) is 149 cm³/mol. The molecule has 10 heteroatoms. The number of rotatable bonds is 6. The predicted octanol–water partition coefficient (Wildman–Crippen LogP) is 3.63. The number of piperidine rings is 1. The quantitative estimate of drug-likeness (QED) is 0.352. The Bertz CT molecular complexity index is 1330. The lowest BCUT2D eigenvalue weighted by Gasteiger charge is -2.36. The normalized spacial score (nSPS) is 16.6. The van der Waals surface area contributed by atoms with E-state index in [9.17, 15) is 14.4 Å². The maximum atomic E-state index is 13.6. The second-order valence-electron chi connectivity index (χ2n) is 9.50. The SMILES string of the molecule is CCOC(=O)N1CCC(n2c(SCC(=O)N3CCN(c4ccccc4)CC3)nc3ccccc3c2=O)CC1. The number of hydrogen-bond acceptors (Lipinski definition) is 7. The molecule has 2 aliphatic rings. The van der Waals surface area contributed by atoms with Crippen LogP contribution in [0.2, 0.25) is 0 Å². The van der Waals surface area contributed by atoms with Crippen LogP contribution >= 0.6 is 11.8 Å². The molecule has 5 rings (SSSR count). The van der Waals surface area contributed by atoms with E-state index in [-0.39, 0.29) is 29.4 Å². The average Bonchev–Trinajstić information content (AvgIpc) is 2.97. The van der Waals surface area contributed by atoms with Crippen molar-refractivity contribution in [1.82, 2.24) is 19.4 Å². The van der Waals surface area contributed by atoms with Gasteiger partial charge in [-0.3, -0.25) is 14.2 Å². The van der Waals surface area contributed by atoms with Crippen molar-refractivity contribution in [1.29, 1.82) is 0 Å². The Morgan fingerprint density at radius 2 is 1.61 bits per heavy atom. The second kappa shape index (κ2) is 11.9. The van der Waals surface area contributed by atoms with Gasteiger partial charge in [0.15, 0.2) is 5.16 Å². The molecule has 3 aromatic rings. The van der Waals surface area contributed by atoms with Crippen LogP contribution in [0, 0.1) is 0 Å². The van der Waals surface area contributed by atoms with E-state index in [1.165, 1.54) is 17.4 Å². The van der Waals surface area contributed by atoms with Gasteiger partial charge in [0.05, 0.1) is 23.3 Å². The first-order valence-corrected chi connectivity index (χ1v) is 14.2. The van der Waals surface area contributed by atoms with Gasteiger partial charge >= 0.3 is 6.09 Å². The number of hydrogen-bond donors (Lipinski definition) is 0. The summed E-state index contributed by atoms with van der Waals surface area (Å²) in [6.45, 7) is 6.06. The van der Waals surface area contributed by atoms with E-state index in [1.807, 2.05) is 41.3 Å². The molecule has 0 unspecified atom stereocenters. The lowest BCUT2D eigenvalue weighted by Crippen LogP contribution is -2.49. The number of nitrogens with zero attached hydrogens (tertiary/aromatic N) is 5. The van der Waals surface area contributed by atoms with E-state index in [1.54, 1.807) is 22.5 Å². The summed E-state index contributed by atoms with van der Waals surface area (Å²) < 4.78 is 6.88. The molecule has 1 aromatic heterocycles. The maximum absolute atomic E-state index is 13.6. The zero-order valence-corrected chi connectivity index (χ0v) is 22.4. The summed E-state index contributed by atoms with van der Waals surface area (Å²) in [5, 5.41) is 1.12. The summed E-state index contributed by atoms with van der Waals surface area (Å²) in [4.78, 5) is 49.6. The van der Waals surface area contributed by atoms with Crippen LogP contribution in [0.25, 0.3) is 10.9 Å². The first-order valence-electron chi connectivity index (χ1n) is 13.2. The van der Waals surface area contributed by atoms with Gasteiger partial charge in [-0.1, -0.05) is 42.1 Å². The van der Waals surface area contributed by atoms with Crippen LogP contribution in [0.4, 0.5) is 10.5 Å². The van der Waals surface area contributed by atoms with Crippen LogP contribution < -0.4 is 10.5 Å². The third-order valence-electron chi connectivity index (χ3n) is 7.21. The zero-order chi connectivity index (χ0) is 26.5. The van der Waals surface area contributed by atoms with E-state index >= 15 is 0 Å². The molecule has 9 nitrogen and oxygen atoms in total. The lowest BCUT2D eigenvalue weighted by atomic mass is 10.0. The number of thioether (sulfide) groups is 1. The minimum absolute atomic E-state index is 0.0498. The molecule has 2 aromatic carbocycles. The molecule has 2 saturated heterocycles. The van der Waals surface area contributed by atoms with Crippen LogP contribution in [-0.2, 0) is 9.53 Å². The number of para-hydroxylation sites is 2. The first kappa shape index (κ1) is 26.1. The van der Waals surface area contributed by atoms with Gasteiger partial charge in [0.25, 0.3) is 5.56 Å². The lowest BCUT2D eigenvalue weighted by molar-refractivity contribution is -0.128. The molecule has 0 saturated carbocycles. The molecule has 0 spiro atoms. The maximum Gasteiger partial charge on any atom is 0.409 e. The van der Waals surface area contributed by atoms with Crippen LogP contribution in [0.3, 0.4) is 0 Å². The molecule has 38 heavy (non-hydrogen) atoms. The molecule has 200 valence electrons. The van der Waals surface area contributed by atoms with Gasteiger partial charge in [-0.15, -0.1) is 0 Å². The number of piperazine rings is 1. The zero-order valence-electron chi connectivity index (χ0n) is 21.6. The topological polar surface area (TPSA) is 88.0 Å². The minimum Gasteiger partial charge on any atom is -0.450 e. The van der Waals surface area contributed by atoms with Crippen molar-refractivity contribution in [3.8, 4) is 0 Å². The van der Waals surface area contributed by atoms with Crippen LogP contribution in [-0.4, -0.2) is 83.0 Å². The summed E-state index contributed by atoms with van der Waals surface area (Å²) in [6, 6.07) is 17.5. The third kappa shape index (κ3) is 5.65. The van der Waals surface area contributed by atoms with Crippen molar-refractivity contribution >= 4 is 40.4 Å². The van der Waals surface area contributed by atoms with Gasteiger partial charge < -0.3 is 19.4 Å². The summed E-state index contributed by atoms with van der Waals surface area (Å²) in [5.41, 5.74) is 1.70. The van der Waals surface area contributed by atoms with Crippen molar-refractivity contribution in [2.75, 3.05) is 56.5 Å². The number of carbonyl (C=O) groups is 2. The number of ether oxygens (including phenoxy) is 1. The van der Waals surface area contributed by atoms with E-state index in [0.717, 1.165) is 13.1 Å². The summed E-state index contributed by atoms with van der Waals surface area (Å²) in [7, 11) is 0. The summed E-state index contributed by atoms with van der Waals surface area (Å²) >= 11 is 1.33. The number of anilines is 1. The number of fused-ring (bicyclic) bond motifs is 1. The molecule has 0 atom stereocenters. The van der Waals surface area contributed by atoms with Crippen molar-refractivity contribution in [3.05, 3.63) is 65.0 Å². The van der Waals surface area contributed by atoms with Gasteiger partial charge in [-0.05, 0) is 44.0 Å². The van der Waals surface area contributed by atoms with E-state index in [4.69, 9.17) is 9.72 Å². The van der Waals surface area contributed by atoms with Gasteiger partial charge in [-0.25, -0.2) is 9.78 Å². The Labute approximate surface area is 226 Å². The molecule has 2 amide bonds. The Morgan fingerprint density at radius 1 is 0.921 bits per heavy atom. The Morgan fingerprint density at radius 3 is 2.32 bits per heavy atom. The van der Waals surface area contributed by atoms with Crippen LogP contribution in [0.5, 0.6) is 0 Å². The van der Waals surface area contributed by atoms with Gasteiger partial charge in [0.2, 0.25) is 5.91 Å². The van der Waals surface area contributed by atoms with Crippen molar-refractivity contribution in [3.63, 3.8) is 0 Å². The van der Waals surface area contributed by atoms with Crippen molar-refractivity contribution in [2.24, 2.45) is 0 Å². The van der Waals surface area contributed by atoms with Gasteiger partial charge in [-0.2, -0.15) is 0 Å². The van der Waals surface area contributed by atoms with Crippen LogP contribution in [0.15, 0.2) is 64.5 Å².